The standard InChI is InChI=1S/C12H14N4O.2ClH/c17-12(16-5-3-13-4-6-16)9-1-2-10-11(7-9)15-8-14-10;;/h1-2,7-8,13H,3-6H2,(H,14,15);2*1H. The fourth-order valence-corrected chi connectivity index (χ4v) is 2.12. The van der Waals surface area contributed by atoms with E-state index in [1.165, 1.54) is 0 Å². The van der Waals surface area contributed by atoms with Gasteiger partial charge in [0, 0.05) is 31.7 Å². The number of nitrogens with zero attached hydrogens (tertiary/aromatic N) is 2. The summed E-state index contributed by atoms with van der Waals surface area (Å²) in [6, 6.07) is 5.58. The Morgan fingerprint density at radius 3 is 2.68 bits per heavy atom. The van der Waals surface area contributed by atoms with Gasteiger partial charge < -0.3 is 15.2 Å². The highest BCUT2D eigenvalue weighted by Crippen LogP contribution is 2.13. The molecule has 3 rings (SSSR count). The molecule has 1 aliphatic rings. The molecule has 0 radical (unpaired) electrons. The normalized spacial score (nSPS) is 14.6. The molecule has 0 bridgehead atoms. The van der Waals surface area contributed by atoms with Crippen LogP contribution < -0.4 is 5.32 Å². The van der Waals surface area contributed by atoms with Crippen molar-refractivity contribution in [2.45, 2.75) is 0 Å². The average Bonchev–Trinajstić information content (AvgIpc) is 2.86. The number of fused-ring (bicyclic) bond motifs is 1. The van der Waals surface area contributed by atoms with Crippen molar-refractivity contribution in [3.63, 3.8) is 0 Å². The summed E-state index contributed by atoms with van der Waals surface area (Å²) in [5, 5.41) is 3.24. The van der Waals surface area contributed by atoms with Crippen molar-refractivity contribution < 1.29 is 4.79 Å². The lowest BCUT2D eigenvalue weighted by molar-refractivity contribution is 0.0736. The molecular weight excluding hydrogens is 287 g/mol. The largest absolute Gasteiger partial charge is 0.345 e. The minimum atomic E-state index is 0. The molecule has 0 unspecified atom stereocenters. The molecule has 0 spiro atoms. The van der Waals surface area contributed by atoms with Crippen LogP contribution in [0.15, 0.2) is 24.5 Å². The zero-order chi connectivity index (χ0) is 11.7. The fraction of sp³-hybridized carbons (Fsp3) is 0.333. The number of piperazine rings is 1. The minimum absolute atomic E-state index is 0. The summed E-state index contributed by atoms with van der Waals surface area (Å²) in [5.74, 6) is 0.100. The molecule has 7 heteroatoms. The van der Waals surface area contributed by atoms with Gasteiger partial charge in [0.25, 0.3) is 5.91 Å². The van der Waals surface area contributed by atoms with E-state index in [1.54, 1.807) is 6.33 Å². The van der Waals surface area contributed by atoms with Gasteiger partial charge in [0.15, 0.2) is 0 Å². The maximum absolute atomic E-state index is 12.2. The van der Waals surface area contributed by atoms with E-state index in [4.69, 9.17) is 0 Å². The zero-order valence-corrected chi connectivity index (χ0v) is 11.9. The second-order valence-electron chi connectivity index (χ2n) is 4.18. The van der Waals surface area contributed by atoms with Crippen LogP contribution in [0.3, 0.4) is 0 Å². The van der Waals surface area contributed by atoms with E-state index in [0.29, 0.717) is 0 Å². The van der Waals surface area contributed by atoms with Crippen molar-refractivity contribution in [1.29, 1.82) is 0 Å². The molecule has 0 aliphatic carbocycles. The molecule has 19 heavy (non-hydrogen) atoms. The Bertz CT molecular complexity index is 551. The number of benzene rings is 1. The Morgan fingerprint density at radius 2 is 1.95 bits per heavy atom. The lowest BCUT2D eigenvalue weighted by atomic mass is 10.1. The monoisotopic (exact) mass is 302 g/mol. The van der Waals surface area contributed by atoms with Gasteiger partial charge in [-0.25, -0.2) is 4.98 Å². The van der Waals surface area contributed by atoms with Gasteiger partial charge in [-0.3, -0.25) is 4.79 Å². The summed E-state index contributed by atoms with van der Waals surface area (Å²) in [5.41, 5.74) is 2.52. The molecule has 1 amide bonds. The number of amides is 1. The van der Waals surface area contributed by atoms with Crippen molar-refractivity contribution >= 4 is 41.8 Å². The third kappa shape index (κ3) is 3.18. The third-order valence-electron chi connectivity index (χ3n) is 3.07. The molecule has 1 fully saturated rings. The van der Waals surface area contributed by atoms with Gasteiger partial charge in [-0.15, -0.1) is 24.8 Å². The van der Waals surface area contributed by atoms with Crippen molar-refractivity contribution in [3.05, 3.63) is 30.1 Å². The third-order valence-corrected chi connectivity index (χ3v) is 3.07. The fourth-order valence-electron chi connectivity index (χ4n) is 2.12. The maximum atomic E-state index is 12.2. The maximum Gasteiger partial charge on any atom is 0.254 e. The number of nitrogens with one attached hydrogen (secondary N) is 2. The SMILES string of the molecule is Cl.Cl.O=C(c1ccc2nc[nH]c2c1)N1CCNCC1. The summed E-state index contributed by atoms with van der Waals surface area (Å²) in [6.07, 6.45) is 1.64. The molecule has 2 heterocycles. The van der Waals surface area contributed by atoms with Crippen LogP contribution in [0, 0.1) is 0 Å². The Morgan fingerprint density at radius 1 is 1.21 bits per heavy atom. The lowest BCUT2D eigenvalue weighted by Gasteiger charge is -2.27. The number of aromatic nitrogens is 2. The van der Waals surface area contributed by atoms with E-state index in [1.807, 2.05) is 23.1 Å². The van der Waals surface area contributed by atoms with Crippen LogP contribution in [-0.4, -0.2) is 47.0 Å². The number of halogens is 2. The predicted octanol–water partition coefficient (Wildman–Crippen LogP) is 1.45. The zero-order valence-electron chi connectivity index (χ0n) is 10.3. The van der Waals surface area contributed by atoms with Crippen molar-refractivity contribution in [3.8, 4) is 0 Å². The molecule has 5 nitrogen and oxygen atoms in total. The predicted molar refractivity (Wildman–Crippen MR) is 79.4 cm³/mol. The molecule has 2 aromatic rings. The molecule has 0 saturated carbocycles. The van der Waals surface area contributed by atoms with Crippen molar-refractivity contribution in [2.75, 3.05) is 26.2 Å². The topological polar surface area (TPSA) is 61.0 Å². The van der Waals surface area contributed by atoms with Gasteiger partial charge in [0.05, 0.1) is 17.4 Å². The molecular formula is C12H16Cl2N4O. The van der Waals surface area contributed by atoms with Crippen LogP contribution in [0.2, 0.25) is 0 Å². The van der Waals surface area contributed by atoms with Crippen LogP contribution in [0.1, 0.15) is 10.4 Å². The van der Waals surface area contributed by atoms with E-state index in [9.17, 15) is 4.79 Å². The molecule has 1 aromatic carbocycles. The second kappa shape index (κ2) is 6.75. The van der Waals surface area contributed by atoms with Gasteiger partial charge in [0.2, 0.25) is 0 Å². The highest BCUT2D eigenvalue weighted by molar-refractivity contribution is 5.97. The Balaban J connectivity index is 0.000000902. The summed E-state index contributed by atoms with van der Waals surface area (Å²) >= 11 is 0. The van der Waals surface area contributed by atoms with Gasteiger partial charge in [-0.1, -0.05) is 0 Å². The van der Waals surface area contributed by atoms with Crippen molar-refractivity contribution in [2.24, 2.45) is 0 Å². The Kier molecular flexibility index (Phi) is 5.60. The highest BCUT2D eigenvalue weighted by Gasteiger charge is 2.18. The smallest absolute Gasteiger partial charge is 0.254 e. The lowest BCUT2D eigenvalue weighted by Crippen LogP contribution is -2.46. The van der Waals surface area contributed by atoms with E-state index >= 15 is 0 Å². The molecule has 1 saturated heterocycles. The summed E-state index contributed by atoms with van der Waals surface area (Å²) < 4.78 is 0. The van der Waals surface area contributed by atoms with E-state index in [2.05, 4.69) is 15.3 Å². The minimum Gasteiger partial charge on any atom is -0.345 e. The van der Waals surface area contributed by atoms with Crippen LogP contribution in [0.25, 0.3) is 11.0 Å². The van der Waals surface area contributed by atoms with Crippen LogP contribution in [0.5, 0.6) is 0 Å². The van der Waals surface area contributed by atoms with Crippen LogP contribution in [0.4, 0.5) is 0 Å². The number of carbonyl (C=O) groups excluding carboxylic acids is 1. The highest BCUT2D eigenvalue weighted by atomic mass is 35.5. The molecule has 1 aliphatic heterocycles. The van der Waals surface area contributed by atoms with Crippen LogP contribution >= 0.6 is 24.8 Å². The first kappa shape index (κ1) is 15.8. The quantitative estimate of drug-likeness (QED) is 0.838. The van der Waals surface area contributed by atoms with Crippen molar-refractivity contribution in [1.82, 2.24) is 20.2 Å². The summed E-state index contributed by atoms with van der Waals surface area (Å²) in [7, 11) is 0. The molecule has 104 valence electrons. The van der Waals surface area contributed by atoms with Gasteiger partial charge in [-0.2, -0.15) is 0 Å². The molecule has 1 aromatic heterocycles. The summed E-state index contributed by atoms with van der Waals surface area (Å²) in [4.78, 5) is 21.3. The summed E-state index contributed by atoms with van der Waals surface area (Å²) in [6.45, 7) is 3.30. The molecule has 2 N–H and O–H groups in total. The second-order valence-corrected chi connectivity index (χ2v) is 4.18. The van der Waals surface area contributed by atoms with Gasteiger partial charge in [0.1, 0.15) is 0 Å². The first-order chi connectivity index (χ1) is 8.34. The number of carbonyl (C=O) groups is 1. The number of rotatable bonds is 1. The number of hydrogen-bond donors (Lipinski definition) is 2. The Labute approximate surface area is 123 Å². The van der Waals surface area contributed by atoms with Gasteiger partial charge in [-0.05, 0) is 18.2 Å². The average molecular weight is 303 g/mol. The van der Waals surface area contributed by atoms with Crippen LogP contribution in [-0.2, 0) is 0 Å². The van der Waals surface area contributed by atoms with E-state index < -0.39 is 0 Å². The van der Waals surface area contributed by atoms with E-state index in [-0.39, 0.29) is 30.7 Å². The number of H-pyrrole nitrogens is 1. The first-order valence-corrected chi connectivity index (χ1v) is 5.78. The van der Waals surface area contributed by atoms with Gasteiger partial charge >= 0.3 is 0 Å². The number of hydrogen-bond acceptors (Lipinski definition) is 3. The molecule has 0 atom stereocenters. The van der Waals surface area contributed by atoms with E-state index in [0.717, 1.165) is 42.8 Å². The Hall–Kier alpha value is -1.30. The first-order valence-electron chi connectivity index (χ1n) is 5.78. The number of imidazole rings is 1. The number of aromatic amines is 1.